The molecular weight excluding hydrogens is 446 g/mol. The molecule has 0 amide bonds. The van der Waals surface area contributed by atoms with Gasteiger partial charge in [-0.05, 0) is 29.8 Å². The van der Waals surface area contributed by atoms with Gasteiger partial charge in [0.2, 0.25) is 5.78 Å². The first-order chi connectivity index (χ1) is 14.0. The lowest BCUT2D eigenvalue weighted by atomic mass is 10.1. The normalized spacial score (nSPS) is 10.6. The van der Waals surface area contributed by atoms with Crippen molar-refractivity contribution in [1.82, 2.24) is 4.57 Å². The summed E-state index contributed by atoms with van der Waals surface area (Å²) in [6.07, 6.45) is 0. The van der Waals surface area contributed by atoms with E-state index in [9.17, 15) is 14.9 Å². The standard InChI is InChI=1S/C23H20N3O3.BrH/c1-17-24(15-18-7-3-2-4-8-18)21-9-5-6-10-22(21)25(17)16-23(27)19-11-13-20(14-12-19)26(28)29;/h2-14H,15-16H2,1H3;1H/q+1;/p-1. The third-order valence-corrected chi connectivity index (χ3v) is 5.13. The molecule has 0 fully saturated rings. The Balaban J connectivity index is 0.00000256. The van der Waals surface area contributed by atoms with E-state index in [0.717, 1.165) is 16.9 Å². The number of imidazole rings is 1. The SMILES string of the molecule is Cc1n(CC(=O)c2ccc([N+](=O)[O-])cc2)c2ccccc2[n+]1Cc1ccccc1.[Br-]. The molecule has 4 aromatic rings. The van der Waals surface area contributed by atoms with Gasteiger partial charge in [-0.2, -0.15) is 0 Å². The zero-order valence-electron chi connectivity index (χ0n) is 16.4. The summed E-state index contributed by atoms with van der Waals surface area (Å²) in [4.78, 5) is 23.2. The average Bonchev–Trinajstić information content (AvgIpc) is 3.00. The van der Waals surface area contributed by atoms with Crippen molar-refractivity contribution in [3.8, 4) is 0 Å². The smallest absolute Gasteiger partial charge is 0.269 e. The fourth-order valence-electron chi connectivity index (χ4n) is 3.58. The minimum atomic E-state index is -0.468. The molecule has 0 unspecified atom stereocenters. The number of hydrogen-bond acceptors (Lipinski definition) is 3. The van der Waals surface area contributed by atoms with Crippen LogP contribution >= 0.6 is 0 Å². The number of benzene rings is 3. The van der Waals surface area contributed by atoms with Crippen molar-refractivity contribution in [2.75, 3.05) is 0 Å². The quantitative estimate of drug-likeness (QED) is 0.185. The first-order valence-electron chi connectivity index (χ1n) is 9.34. The highest BCUT2D eigenvalue weighted by Crippen LogP contribution is 2.18. The van der Waals surface area contributed by atoms with Gasteiger partial charge in [0.15, 0.2) is 17.6 Å². The van der Waals surface area contributed by atoms with Gasteiger partial charge in [0.1, 0.15) is 6.54 Å². The van der Waals surface area contributed by atoms with Crippen LogP contribution in [-0.2, 0) is 13.1 Å². The molecule has 1 heterocycles. The molecule has 0 atom stereocenters. The summed E-state index contributed by atoms with van der Waals surface area (Å²) < 4.78 is 4.20. The molecule has 1 aromatic heterocycles. The topological polar surface area (TPSA) is 69.0 Å². The third-order valence-electron chi connectivity index (χ3n) is 5.13. The number of carbonyl (C=O) groups is 1. The maximum Gasteiger partial charge on any atom is 0.269 e. The summed E-state index contributed by atoms with van der Waals surface area (Å²) in [6.45, 7) is 2.89. The van der Waals surface area contributed by atoms with Crippen LogP contribution in [0.25, 0.3) is 11.0 Å². The summed E-state index contributed by atoms with van der Waals surface area (Å²) in [7, 11) is 0. The van der Waals surface area contributed by atoms with Crippen molar-refractivity contribution < 1.29 is 31.3 Å². The Labute approximate surface area is 184 Å². The molecule has 0 saturated carbocycles. The molecule has 0 spiro atoms. The Morgan fingerprint density at radius 3 is 2.27 bits per heavy atom. The van der Waals surface area contributed by atoms with Crippen LogP contribution in [0, 0.1) is 17.0 Å². The van der Waals surface area contributed by atoms with Gasteiger partial charge < -0.3 is 17.0 Å². The summed E-state index contributed by atoms with van der Waals surface area (Å²) in [5, 5.41) is 10.8. The van der Waals surface area contributed by atoms with Crippen LogP contribution in [0.2, 0.25) is 0 Å². The molecule has 152 valence electrons. The Morgan fingerprint density at radius 1 is 0.967 bits per heavy atom. The third kappa shape index (κ3) is 4.16. The molecule has 0 saturated heterocycles. The molecule has 0 aliphatic carbocycles. The van der Waals surface area contributed by atoms with E-state index in [0.29, 0.717) is 12.1 Å². The van der Waals surface area contributed by atoms with Crippen molar-refractivity contribution >= 4 is 22.5 Å². The average molecular weight is 466 g/mol. The number of para-hydroxylation sites is 2. The summed E-state index contributed by atoms with van der Waals surface area (Å²) >= 11 is 0. The molecule has 0 radical (unpaired) electrons. The van der Waals surface area contributed by atoms with Gasteiger partial charge in [-0.3, -0.25) is 14.9 Å². The summed E-state index contributed by atoms with van der Waals surface area (Å²) in [6, 6.07) is 24.0. The van der Waals surface area contributed by atoms with Crippen molar-refractivity contribution in [3.63, 3.8) is 0 Å². The molecule has 4 rings (SSSR count). The van der Waals surface area contributed by atoms with E-state index in [1.807, 2.05) is 47.9 Å². The lowest BCUT2D eigenvalue weighted by molar-refractivity contribution is -0.669. The number of nitro groups is 1. The van der Waals surface area contributed by atoms with Crippen LogP contribution in [-0.4, -0.2) is 15.3 Å². The van der Waals surface area contributed by atoms with Crippen LogP contribution < -0.4 is 21.5 Å². The number of halogens is 1. The zero-order chi connectivity index (χ0) is 20.4. The Kier molecular flexibility index (Phi) is 6.42. The van der Waals surface area contributed by atoms with E-state index in [1.165, 1.54) is 29.8 Å². The van der Waals surface area contributed by atoms with E-state index < -0.39 is 4.92 Å². The number of hydrogen-bond donors (Lipinski definition) is 0. The molecule has 30 heavy (non-hydrogen) atoms. The Morgan fingerprint density at radius 2 is 1.60 bits per heavy atom. The summed E-state index contributed by atoms with van der Waals surface area (Å²) in [5.74, 6) is 0.890. The van der Waals surface area contributed by atoms with Crippen LogP contribution in [0.1, 0.15) is 21.7 Å². The predicted octanol–water partition coefficient (Wildman–Crippen LogP) is 1.08. The van der Waals surface area contributed by atoms with E-state index in [4.69, 9.17) is 0 Å². The number of nitro benzene ring substituents is 1. The maximum atomic E-state index is 12.9. The second kappa shape index (κ2) is 9.00. The van der Waals surface area contributed by atoms with Crippen molar-refractivity contribution in [1.29, 1.82) is 0 Å². The van der Waals surface area contributed by atoms with E-state index in [-0.39, 0.29) is 35.0 Å². The Hall–Kier alpha value is -3.32. The molecule has 0 aliphatic heterocycles. The highest BCUT2D eigenvalue weighted by Gasteiger charge is 2.24. The maximum absolute atomic E-state index is 12.9. The zero-order valence-corrected chi connectivity index (χ0v) is 18.0. The number of non-ortho nitro benzene ring substituents is 1. The first-order valence-corrected chi connectivity index (χ1v) is 9.34. The number of rotatable bonds is 6. The predicted molar refractivity (Wildman–Crippen MR) is 110 cm³/mol. The van der Waals surface area contributed by atoms with Crippen LogP contribution in [0.15, 0.2) is 78.9 Å². The van der Waals surface area contributed by atoms with Crippen LogP contribution in [0.4, 0.5) is 5.69 Å². The Bertz CT molecular complexity index is 1200. The minimum absolute atomic E-state index is 0. The van der Waals surface area contributed by atoms with Gasteiger partial charge >= 0.3 is 0 Å². The molecule has 0 bridgehead atoms. The molecule has 0 aliphatic rings. The number of aromatic nitrogens is 2. The lowest BCUT2D eigenvalue weighted by Gasteiger charge is -2.03. The highest BCUT2D eigenvalue weighted by atomic mass is 79.9. The van der Waals surface area contributed by atoms with Crippen molar-refractivity contribution in [2.45, 2.75) is 20.0 Å². The molecule has 7 heteroatoms. The fourth-order valence-corrected chi connectivity index (χ4v) is 3.58. The van der Waals surface area contributed by atoms with E-state index in [1.54, 1.807) is 0 Å². The lowest BCUT2D eigenvalue weighted by Crippen LogP contribution is -3.00. The van der Waals surface area contributed by atoms with Gasteiger partial charge in [0.25, 0.3) is 11.5 Å². The number of carbonyl (C=O) groups excluding carboxylic acids is 1. The van der Waals surface area contributed by atoms with Crippen molar-refractivity contribution in [2.24, 2.45) is 0 Å². The van der Waals surface area contributed by atoms with Gasteiger partial charge in [-0.1, -0.05) is 42.5 Å². The largest absolute Gasteiger partial charge is 1.00 e. The van der Waals surface area contributed by atoms with Gasteiger partial charge in [0.05, 0.1) is 4.92 Å². The first kappa shape index (κ1) is 21.4. The monoisotopic (exact) mass is 465 g/mol. The van der Waals surface area contributed by atoms with Gasteiger partial charge in [-0.15, -0.1) is 0 Å². The van der Waals surface area contributed by atoms with Crippen molar-refractivity contribution in [3.05, 3.63) is 106 Å². The number of Topliss-reactive ketones (excluding diaryl/α,β-unsaturated/α-hetero) is 1. The van der Waals surface area contributed by atoms with Gasteiger partial charge in [-0.25, -0.2) is 9.13 Å². The second-order valence-electron chi connectivity index (χ2n) is 6.92. The number of ketones is 1. The molecule has 0 N–H and O–H groups in total. The molecule has 3 aromatic carbocycles. The number of fused-ring (bicyclic) bond motifs is 1. The van der Waals surface area contributed by atoms with E-state index >= 15 is 0 Å². The van der Waals surface area contributed by atoms with Crippen LogP contribution in [0.5, 0.6) is 0 Å². The minimum Gasteiger partial charge on any atom is -1.00 e. The van der Waals surface area contributed by atoms with E-state index in [2.05, 4.69) is 22.8 Å². The second-order valence-corrected chi connectivity index (χ2v) is 6.92. The fraction of sp³-hybridized carbons (Fsp3) is 0.130. The number of nitrogens with zero attached hydrogens (tertiary/aromatic N) is 3. The highest BCUT2D eigenvalue weighted by molar-refractivity contribution is 5.96. The molecular formula is C23H20BrN3O3. The van der Waals surface area contributed by atoms with Crippen LogP contribution in [0.3, 0.4) is 0 Å². The summed E-state index contributed by atoms with van der Waals surface area (Å²) in [5.41, 5.74) is 3.67. The molecule has 6 nitrogen and oxygen atoms in total. The van der Waals surface area contributed by atoms with Gasteiger partial charge in [0, 0.05) is 24.6 Å².